The number of nitrogens with zero attached hydrogens (tertiary/aromatic N) is 4. The summed E-state index contributed by atoms with van der Waals surface area (Å²) < 4.78 is 10.5. The molecule has 110 valence electrons. The van der Waals surface area contributed by atoms with E-state index in [4.69, 9.17) is 8.94 Å². The first kappa shape index (κ1) is 12.8. The largest absolute Gasteiger partial charge is 0.461 e. The van der Waals surface area contributed by atoms with Crippen molar-refractivity contribution < 1.29 is 13.7 Å². The number of furan rings is 1. The molecular weight excluding hydrogens is 284 g/mol. The lowest BCUT2D eigenvalue weighted by atomic mass is 9.99. The molecule has 0 radical (unpaired) electrons. The minimum Gasteiger partial charge on any atom is -0.461 e. The van der Waals surface area contributed by atoms with Crippen LogP contribution in [-0.4, -0.2) is 39.0 Å². The molecule has 0 bridgehead atoms. The molecule has 1 aliphatic heterocycles. The fourth-order valence-corrected chi connectivity index (χ4v) is 2.36. The van der Waals surface area contributed by atoms with Crippen LogP contribution in [0.1, 0.15) is 22.3 Å². The molecule has 0 spiro atoms. The molecule has 1 saturated heterocycles. The second-order valence-corrected chi connectivity index (χ2v) is 5.06. The van der Waals surface area contributed by atoms with Crippen molar-refractivity contribution in [3.05, 3.63) is 54.4 Å². The molecule has 7 nitrogen and oxygen atoms in total. The summed E-state index contributed by atoms with van der Waals surface area (Å²) in [5, 5.41) is 3.89. The average molecular weight is 296 g/mol. The third-order valence-electron chi connectivity index (χ3n) is 3.59. The van der Waals surface area contributed by atoms with Gasteiger partial charge in [-0.05, 0) is 24.3 Å². The number of likely N-dealkylation sites (tertiary alicyclic amines) is 1. The topological polar surface area (TPSA) is 85.3 Å². The normalized spacial score (nSPS) is 14.8. The van der Waals surface area contributed by atoms with Gasteiger partial charge in [0.25, 0.3) is 5.91 Å². The van der Waals surface area contributed by atoms with Crippen LogP contribution in [0.5, 0.6) is 0 Å². The zero-order chi connectivity index (χ0) is 14.9. The lowest BCUT2D eigenvalue weighted by Gasteiger charge is -2.36. The standard InChI is InChI=1S/C15H12N4O3/c20-15(11-4-1-2-6-16-11)19-8-10(9-19)14-17-13(18-22-14)12-5-3-7-21-12/h1-7,10H,8-9H2. The van der Waals surface area contributed by atoms with Gasteiger partial charge in [0, 0.05) is 19.3 Å². The Kier molecular flexibility index (Phi) is 2.96. The quantitative estimate of drug-likeness (QED) is 0.734. The van der Waals surface area contributed by atoms with Crippen molar-refractivity contribution in [3.8, 4) is 11.6 Å². The van der Waals surface area contributed by atoms with Gasteiger partial charge in [-0.3, -0.25) is 9.78 Å². The van der Waals surface area contributed by atoms with E-state index in [0.717, 1.165) is 0 Å². The number of aromatic nitrogens is 3. The van der Waals surface area contributed by atoms with Gasteiger partial charge in [-0.1, -0.05) is 11.2 Å². The van der Waals surface area contributed by atoms with E-state index in [0.29, 0.717) is 36.3 Å². The first-order chi connectivity index (χ1) is 10.8. The third kappa shape index (κ3) is 2.16. The van der Waals surface area contributed by atoms with Crippen LogP contribution in [0.15, 0.2) is 51.7 Å². The molecule has 22 heavy (non-hydrogen) atoms. The van der Waals surface area contributed by atoms with E-state index in [2.05, 4.69) is 15.1 Å². The molecule has 3 aromatic heterocycles. The lowest BCUT2D eigenvalue weighted by Crippen LogP contribution is -2.48. The van der Waals surface area contributed by atoms with E-state index < -0.39 is 0 Å². The van der Waals surface area contributed by atoms with Crippen LogP contribution >= 0.6 is 0 Å². The zero-order valence-electron chi connectivity index (χ0n) is 11.5. The Morgan fingerprint density at radius 1 is 1.23 bits per heavy atom. The first-order valence-electron chi connectivity index (χ1n) is 6.89. The molecule has 0 N–H and O–H groups in total. The summed E-state index contributed by atoms with van der Waals surface area (Å²) in [5.41, 5.74) is 0.447. The number of hydrogen-bond donors (Lipinski definition) is 0. The molecule has 0 unspecified atom stereocenters. The van der Waals surface area contributed by atoms with Gasteiger partial charge >= 0.3 is 0 Å². The van der Waals surface area contributed by atoms with Crippen molar-refractivity contribution in [2.45, 2.75) is 5.92 Å². The van der Waals surface area contributed by atoms with Gasteiger partial charge in [0.2, 0.25) is 11.7 Å². The molecule has 4 rings (SSSR count). The van der Waals surface area contributed by atoms with Crippen LogP contribution in [0.4, 0.5) is 0 Å². The minimum atomic E-state index is -0.0809. The van der Waals surface area contributed by atoms with Crippen molar-refractivity contribution in [3.63, 3.8) is 0 Å². The Morgan fingerprint density at radius 3 is 2.86 bits per heavy atom. The summed E-state index contributed by atoms with van der Waals surface area (Å²) >= 11 is 0. The summed E-state index contributed by atoms with van der Waals surface area (Å²) in [5.74, 6) is 1.49. The van der Waals surface area contributed by atoms with Crippen LogP contribution in [0, 0.1) is 0 Å². The monoisotopic (exact) mass is 296 g/mol. The van der Waals surface area contributed by atoms with Gasteiger partial charge in [-0.15, -0.1) is 0 Å². The lowest BCUT2D eigenvalue weighted by molar-refractivity contribution is 0.0563. The summed E-state index contributed by atoms with van der Waals surface area (Å²) in [7, 11) is 0. The van der Waals surface area contributed by atoms with Gasteiger partial charge in [0.15, 0.2) is 5.76 Å². The van der Waals surface area contributed by atoms with Gasteiger partial charge in [0.1, 0.15) is 5.69 Å². The Morgan fingerprint density at radius 2 is 2.14 bits per heavy atom. The molecule has 0 saturated carbocycles. The molecule has 7 heteroatoms. The maximum atomic E-state index is 12.2. The maximum Gasteiger partial charge on any atom is 0.272 e. The Bertz CT molecular complexity index is 776. The minimum absolute atomic E-state index is 0.0591. The van der Waals surface area contributed by atoms with Gasteiger partial charge < -0.3 is 13.8 Å². The van der Waals surface area contributed by atoms with E-state index >= 15 is 0 Å². The summed E-state index contributed by atoms with van der Waals surface area (Å²) in [6.45, 7) is 1.10. The van der Waals surface area contributed by atoms with Crippen LogP contribution in [0.2, 0.25) is 0 Å². The molecule has 0 aromatic carbocycles. The van der Waals surface area contributed by atoms with Gasteiger partial charge in [-0.25, -0.2) is 0 Å². The Hall–Kier alpha value is -2.96. The summed E-state index contributed by atoms with van der Waals surface area (Å²) in [6.07, 6.45) is 3.17. The molecular formula is C15H12N4O3. The van der Waals surface area contributed by atoms with Crippen molar-refractivity contribution in [2.24, 2.45) is 0 Å². The zero-order valence-corrected chi connectivity index (χ0v) is 11.5. The predicted molar refractivity (Wildman–Crippen MR) is 74.9 cm³/mol. The van der Waals surface area contributed by atoms with Crippen molar-refractivity contribution in [1.29, 1.82) is 0 Å². The number of rotatable bonds is 3. The van der Waals surface area contributed by atoms with Crippen LogP contribution in [0.25, 0.3) is 11.6 Å². The van der Waals surface area contributed by atoms with Crippen molar-refractivity contribution in [1.82, 2.24) is 20.0 Å². The van der Waals surface area contributed by atoms with E-state index in [1.54, 1.807) is 47.7 Å². The highest BCUT2D eigenvalue weighted by atomic mass is 16.5. The number of pyridine rings is 1. The highest BCUT2D eigenvalue weighted by Crippen LogP contribution is 2.28. The number of carbonyl (C=O) groups excluding carboxylic acids is 1. The summed E-state index contributed by atoms with van der Waals surface area (Å²) in [4.78, 5) is 22.3. The molecule has 1 fully saturated rings. The Balaban J connectivity index is 1.42. The molecule has 1 amide bonds. The number of hydrogen-bond acceptors (Lipinski definition) is 6. The number of amides is 1. The van der Waals surface area contributed by atoms with Gasteiger partial charge in [-0.2, -0.15) is 4.98 Å². The predicted octanol–water partition coefficient (Wildman–Crippen LogP) is 1.96. The van der Waals surface area contributed by atoms with E-state index in [9.17, 15) is 4.79 Å². The second kappa shape index (κ2) is 5.10. The molecule has 1 aliphatic rings. The van der Waals surface area contributed by atoms with Crippen LogP contribution in [0.3, 0.4) is 0 Å². The number of carbonyl (C=O) groups is 1. The van der Waals surface area contributed by atoms with Crippen molar-refractivity contribution >= 4 is 5.91 Å². The van der Waals surface area contributed by atoms with E-state index in [-0.39, 0.29) is 11.8 Å². The highest BCUT2D eigenvalue weighted by molar-refractivity contribution is 5.92. The van der Waals surface area contributed by atoms with Crippen LogP contribution < -0.4 is 0 Å². The van der Waals surface area contributed by atoms with E-state index in [1.807, 2.05) is 0 Å². The highest BCUT2D eigenvalue weighted by Gasteiger charge is 2.36. The van der Waals surface area contributed by atoms with Gasteiger partial charge in [0.05, 0.1) is 12.2 Å². The Labute approximate surface area is 125 Å². The molecule has 3 aromatic rings. The fraction of sp³-hybridized carbons (Fsp3) is 0.200. The fourth-order valence-electron chi connectivity index (χ4n) is 2.36. The summed E-state index contributed by atoms with van der Waals surface area (Å²) in [6, 6.07) is 8.82. The molecule has 4 heterocycles. The third-order valence-corrected chi connectivity index (χ3v) is 3.59. The first-order valence-corrected chi connectivity index (χ1v) is 6.89. The second-order valence-electron chi connectivity index (χ2n) is 5.06. The average Bonchev–Trinajstić information content (AvgIpc) is 3.17. The van der Waals surface area contributed by atoms with Crippen LogP contribution in [-0.2, 0) is 0 Å². The molecule has 0 atom stereocenters. The molecule has 0 aliphatic carbocycles. The smallest absolute Gasteiger partial charge is 0.272 e. The maximum absolute atomic E-state index is 12.2. The SMILES string of the molecule is O=C(c1ccccn1)N1CC(c2nc(-c3ccco3)no2)C1. The van der Waals surface area contributed by atoms with Crippen molar-refractivity contribution in [2.75, 3.05) is 13.1 Å². The van der Waals surface area contributed by atoms with E-state index in [1.165, 1.54) is 0 Å².